The first-order chi connectivity index (χ1) is 12.2. The van der Waals surface area contributed by atoms with E-state index in [4.69, 9.17) is 16.3 Å². The minimum atomic E-state index is -1.12. The van der Waals surface area contributed by atoms with E-state index >= 15 is 0 Å². The molecule has 1 heterocycles. The lowest BCUT2D eigenvalue weighted by molar-refractivity contribution is -0.127. The molecule has 0 saturated carbocycles. The lowest BCUT2D eigenvalue weighted by Gasteiger charge is -2.13. The number of urea groups is 1. The lowest BCUT2D eigenvalue weighted by atomic mass is 10.2. The number of amides is 3. The Hall–Kier alpha value is -2.87. The van der Waals surface area contributed by atoms with Crippen LogP contribution in [0.2, 0.25) is 5.02 Å². The number of nitrogens with one attached hydrogen (secondary N) is 2. The van der Waals surface area contributed by atoms with Crippen LogP contribution < -0.4 is 10.6 Å². The average Bonchev–Trinajstić information content (AvgIpc) is 2.88. The molecule has 1 aromatic heterocycles. The monoisotopic (exact) mass is 378 g/mol. The zero-order valence-corrected chi connectivity index (χ0v) is 15.5. The van der Waals surface area contributed by atoms with E-state index in [2.05, 4.69) is 10.4 Å². The molecule has 0 radical (unpaired) electrons. The maximum Gasteiger partial charge on any atom is 0.338 e. The number of halogens is 1. The van der Waals surface area contributed by atoms with Crippen LogP contribution in [0.3, 0.4) is 0 Å². The third-order valence-corrected chi connectivity index (χ3v) is 4.21. The normalized spacial score (nSPS) is 11.6. The van der Waals surface area contributed by atoms with Crippen LogP contribution in [0.4, 0.5) is 4.79 Å². The molecule has 0 saturated heterocycles. The number of carbonyl (C=O) groups excluding carboxylic acids is 3. The minimum absolute atomic E-state index is 0.265. The first kappa shape index (κ1) is 19.5. The maximum absolute atomic E-state index is 12.1. The van der Waals surface area contributed by atoms with Gasteiger partial charge in [-0.05, 0) is 45.0 Å². The second-order valence-corrected chi connectivity index (χ2v) is 5.94. The SMILES string of the molecule is CNC(=O)NC(=O)[C@@H](C)OC(=O)c1ccc(-n2nc(C)c(Cl)c2C)cc1. The van der Waals surface area contributed by atoms with E-state index in [9.17, 15) is 14.4 Å². The number of nitrogens with zero attached hydrogens (tertiary/aromatic N) is 2. The number of aryl methyl sites for hydroxylation is 1. The molecule has 9 heteroatoms. The highest BCUT2D eigenvalue weighted by Gasteiger charge is 2.20. The summed E-state index contributed by atoms with van der Waals surface area (Å²) < 4.78 is 6.73. The predicted molar refractivity (Wildman–Crippen MR) is 95.5 cm³/mol. The summed E-state index contributed by atoms with van der Waals surface area (Å²) in [5.41, 5.74) is 2.50. The molecular formula is C17H19ClN4O4. The zero-order chi connectivity index (χ0) is 19.4. The maximum atomic E-state index is 12.1. The number of esters is 1. The Morgan fingerprint density at radius 3 is 2.31 bits per heavy atom. The molecule has 3 amide bonds. The number of hydrogen-bond donors (Lipinski definition) is 2. The summed E-state index contributed by atoms with van der Waals surface area (Å²) in [6.45, 7) is 5.03. The second kappa shape index (κ2) is 8.01. The number of carbonyl (C=O) groups is 3. The molecule has 138 valence electrons. The summed E-state index contributed by atoms with van der Waals surface area (Å²) in [5, 5.41) is 9.21. The Bertz CT molecular complexity index is 845. The van der Waals surface area contributed by atoms with Gasteiger partial charge in [-0.2, -0.15) is 5.10 Å². The number of imide groups is 1. The van der Waals surface area contributed by atoms with Crippen molar-refractivity contribution in [1.82, 2.24) is 20.4 Å². The van der Waals surface area contributed by atoms with Gasteiger partial charge in [0.05, 0.1) is 27.7 Å². The van der Waals surface area contributed by atoms with Crippen LogP contribution in [0.15, 0.2) is 24.3 Å². The van der Waals surface area contributed by atoms with Gasteiger partial charge in [-0.1, -0.05) is 11.6 Å². The third kappa shape index (κ3) is 4.20. The Labute approximate surface area is 155 Å². The number of ether oxygens (including phenoxy) is 1. The van der Waals surface area contributed by atoms with Crippen LogP contribution in [0.25, 0.3) is 5.69 Å². The van der Waals surface area contributed by atoms with Gasteiger partial charge in [0.25, 0.3) is 5.91 Å². The topological polar surface area (TPSA) is 102 Å². The largest absolute Gasteiger partial charge is 0.449 e. The highest BCUT2D eigenvalue weighted by atomic mass is 35.5. The van der Waals surface area contributed by atoms with Gasteiger partial charge >= 0.3 is 12.0 Å². The molecule has 0 unspecified atom stereocenters. The standard InChI is InChI=1S/C17H19ClN4O4/c1-9-14(18)10(2)22(21-9)13-7-5-12(6-8-13)16(24)26-11(3)15(23)20-17(25)19-4/h5-8,11H,1-4H3,(H2,19,20,23,25)/t11-/m1/s1. The van der Waals surface area contributed by atoms with Gasteiger partial charge in [-0.3, -0.25) is 10.1 Å². The van der Waals surface area contributed by atoms with E-state index in [1.165, 1.54) is 14.0 Å². The molecule has 2 rings (SSSR count). The summed E-state index contributed by atoms with van der Waals surface area (Å²) in [7, 11) is 1.37. The van der Waals surface area contributed by atoms with Crippen molar-refractivity contribution in [3.8, 4) is 5.69 Å². The van der Waals surface area contributed by atoms with Gasteiger partial charge in [0.15, 0.2) is 6.10 Å². The van der Waals surface area contributed by atoms with Crippen LogP contribution in [0.5, 0.6) is 0 Å². The molecule has 0 fully saturated rings. The molecule has 0 aliphatic carbocycles. The molecule has 26 heavy (non-hydrogen) atoms. The van der Waals surface area contributed by atoms with E-state index in [0.717, 1.165) is 11.4 Å². The quantitative estimate of drug-likeness (QED) is 0.793. The van der Waals surface area contributed by atoms with E-state index in [0.29, 0.717) is 10.7 Å². The third-order valence-electron chi connectivity index (χ3n) is 3.67. The van der Waals surface area contributed by atoms with Gasteiger partial charge in [0.2, 0.25) is 0 Å². The lowest BCUT2D eigenvalue weighted by Crippen LogP contribution is -2.43. The van der Waals surface area contributed by atoms with Gasteiger partial charge in [0.1, 0.15) is 0 Å². The Morgan fingerprint density at radius 2 is 1.81 bits per heavy atom. The minimum Gasteiger partial charge on any atom is -0.449 e. The summed E-state index contributed by atoms with van der Waals surface area (Å²) in [6, 6.07) is 5.84. The smallest absolute Gasteiger partial charge is 0.338 e. The van der Waals surface area contributed by atoms with Gasteiger partial charge in [0, 0.05) is 7.05 Å². The first-order valence-electron chi connectivity index (χ1n) is 7.80. The Kier molecular flexibility index (Phi) is 5.99. The van der Waals surface area contributed by atoms with E-state index < -0.39 is 24.0 Å². The predicted octanol–water partition coefficient (Wildman–Crippen LogP) is 2.14. The van der Waals surface area contributed by atoms with Crippen LogP contribution >= 0.6 is 11.6 Å². The van der Waals surface area contributed by atoms with Crippen LogP contribution in [0.1, 0.15) is 28.7 Å². The fraction of sp³-hybridized carbons (Fsp3) is 0.294. The van der Waals surface area contributed by atoms with Gasteiger partial charge < -0.3 is 10.1 Å². The Morgan fingerprint density at radius 1 is 1.19 bits per heavy atom. The van der Waals surface area contributed by atoms with Crippen molar-refractivity contribution in [3.05, 3.63) is 46.2 Å². The summed E-state index contributed by atoms with van der Waals surface area (Å²) in [4.78, 5) is 35.0. The van der Waals surface area contributed by atoms with Crippen molar-refractivity contribution >= 4 is 29.5 Å². The van der Waals surface area contributed by atoms with Crippen molar-refractivity contribution in [2.45, 2.75) is 26.9 Å². The van der Waals surface area contributed by atoms with Crippen molar-refractivity contribution in [2.75, 3.05) is 7.05 Å². The van der Waals surface area contributed by atoms with Gasteiger partial charge in [-0.15, -0.1) is 0 Å². The summed E-state index contributed by atoms with van der Waals surface area (Å²) in [5.74, 6) is -1.39. The average molecular weight is 379 g/mol. The molecule has 2 N–H and O–H groups in total. The zero-order valence-electron chi connectivity index (χ0n) is 14.8. The Balaban J connectivity index is 2.08. The fourth-order valence-electron chi connectivity index (χ4n) is 2.17. The van der Waals surface area contributed by atoms with Crippen LogP contribution in [-0.2, 0) is 9.53 Å². The molecule has 0 aliphatic rings. The van der Waals surface area contributed by atoms with Crippen molar-refractivity contribution < 1.29 is 19.1 Å². The molecule has 8 nitrogen and oxygen atoms in total. The molecule has 0 bridgehead atoms. The van der Waals surface area contributed by atoms with E-state index in [-0.39, 0.29) is 5.56 Å². The van der Waals surface area contributed by atoms with E-state index in [1.54, 1.807) is 28.9 Å². The van der Waals surface area contributed by atoms with E-state index in [1.807, 2.05) is 19.2 Å². The number of aromatic nitrogens is 2. The molecule has 1 aromatic carbocycles. The molecule has 0 spiro atoms. The highest BCUT2D eigenvalue weighted by Crippen LogP contribution is 2.22. The van der Waals surface area contributed by atoms with Crippen LogP contribution in [0, 0.1) is 13.8 Å². The summed E-state index contributed by atoms with van der Waals surface area (Å²) >= 11 is 6.14. The summed E-state index contributed by atoms with van der Waals surface area (Å²) in [6.07, 6.45) is -1.12. The molecule has 0 aliphatic heterocycles. The number of hydrogen-bond acceptors (Lipinski definition) is 5. The molecular weight excluding hydrogens is 360 g/mol. The second-order valence-electron chi connectivity index (χ2n) is 5.56. The van der Waals surface area contributed by atoms with Gasteiger partial charge in [-0.25, -0.2) is 14.3 Å². The van der Waals surface area contributed by atoms with Crippen LogP contribution in [-0.4, -0.2) is 40.8 Å². The van der Waals surface area contributed by atoms with Crippen molar-refractivity contribution in [1.29, 1.82) is 0 Å². The number of benzene rings is 1. The first-order valence-corrected chi connectivity index (χ1v) is 8.18. The fourth-order valence-corrected chi connectivity index (χ4v) is 2.29. The highest BCUT2D eigenvalue weighted by molar-refractivity contribution is 6.31. The van der Waals surface area contributed by atoms with Crippen molar-refractivity contribution in [3.63, 3.8) is 0 Å². The molecule has 2 aromatic rings. The number of rotatable bonds is 4. The van der Waals surface area contributed by atoms with Crippen molar-refractivity contribution in [2.24, 2.45) is 0 Å². The molecule has 1 atom stereocenters.